The van der Waals surface area contributed by atoms with Gasteiger partial charge in [0.25, 0.3) is 0 Å². The average Bonchev–Trinajstić information content (AvgIpc) is 3.22. The molecule has 1 aromatic heterocycles. The Morgan fingerprint density at radius 2 is 2.03 bits per heavy atom. The number of rotatable bonds is 7. The molecule has 29 heavy (non-hydrogen) atoms. The number of aromatic nitrogens is 1. The van der Waals surface area contributed by atoms with Gasteiger partial charge in [-0.25, -0.2) is 4.98 Å². The maximum absolute atomic E-state index is 10.4. The number of ether oxygens (including phenoxy) is 3. The Balaban J connectivity index is 1.78. The molecule has 150 valence electrons. The second-order valence-corrected chi connectivity index (χ2v) is 7.04. The first kappa shape index (κ1) is 19.4. The van der Waals surface area contributed by atoms with Gasteiger partial charge in [0.1, 0.15) is 11.6 Å². The van der Waals surface area contributed by atoms with Crippen LogP contribution in [0, 0.1) is 0 Å². The van der Waals surface area contributed by atoms with Gasteiger partial charge in [-0.2, -0.15) is 0 Å². The van der Waals surface area contributed by atoms with Crippen molar-refractivity contribution in [1.29, 1.82) is 0 Å². The summed E-state index contributed by atoms with van der Waals surface area (Å²) in [5, 5.41) is 14.2. The highest BCUT2D eigenvalue weighted by atomic mass is 35.5. The van der Waals surface area contributed by atoms with E-state index >= 15 is 0 Å². The number of methoxy groups -OCH3 is 1. The van der Waals surface area contributed by atoms with Crippen molar-refractivity contribution in [2.75, 3.05) is 32.4 Å². The van der Waals surface area contributed by atoms with Crippen LogP contribution in [-0.4, -0.2) is 37.1 Å². The van der Waals surface area contributed by atoms with Gasteiger partial charge in [0.15, 0.2) is 11.5 Å². The Kier molecular flexibility index (Phi) is 5.74. The number of para-hydroxylation sites is 1. The van der Waals surface area contributed by atoms with E-state index in [0.29, 0.717) is 46.7 Å². The number of fused-ring (bicyclic) bond motifs is 1. The number of hydrogen-bond donors (Lipinski definition) is 2. The molecule has 0 atom stereocenters. The number of phenolic OH excluding ortho intramolecular Hbond substituents is 1. The van der Waals surface area contributed by atoms with Gasteiger partial charge in [-0.1, -0.05) is 23.7 Å². The van der Waals surface area contributed by atoms with Crippen LogP contribution in [0.3, 0.4) is 0 Å². The van der Waals surface area contributed by atoms with Gasteiger partial charge in [-0.3, -0.25) is 0 Å². The lowest BCUT2D eigenvalue weighted by atomic mass is 10.0. The molecular formula is C22H21ClN2O4. The van der Waals surface area contributed by atoms with Gasteiger partial charge in [0.2, 0.25) is 6.79 Å². The van der Waals surface area contributed by atoms with Gasteiger partial charge >= 0.3 is 0 Å². The SMILES string of the molecule is COCCCNc1cc(-c2cccc3c2OCO3)cc(-c2cc(Cl)ccc2O)n1. The molecule has 0 saturated heterocycles. The Hall–Kier alpha value is -2.96. The molecule has 0 bridgehead atoms. The van der Waals surface area contributed by atoms with Crippen LogP contribution in [0.4, 0.5) is 5.82 Å². The lowest BCUT2D eigenvalue weighted by molar-refractivity contribution is 0.174. The zero-order valence-electron chi connectivity index (χ0n) is 15.9. The Bertz CT molecular complexity index is 1030. The van der Waals surface area contributed by atoms with E-state index in [1.54, 1.807) is 25.3 Å². The minimum Gasteiger partial charge on any atom is -0.507 e. The predicted octanol–water partition coefficient (Wildman–Crippen LogP) is 4.95. The zero-order valence-corrected chi connectivity index (χ0v) is 16.7. The summed E-state index contributed by atoms with van der Waals surface area (Å²) >= 11 is 6.15. The van der Waals surface area contributed by atoms with Crippen LogP contribution < -0.4 is 14.8 Å². The van der Waals surface area contributed by atoms with Crippen LogP contribution in [0.2, 0.25) is 5.02 Å². The molecule has 0 unspecified atom stereocenters. The van der Waals surface area contributed by atoms with Crippen molar-refractivity contribution in [2.45, 2.75) is 6.42 Å². The molecule has 0 spiro atoms. The van der Waals surface area contributed by atoms with Crippen molar-refractivity contribution >= 4 is 17.4 Å². The second-order valence-electron chi connectivity index (χ2n) is 6.60. The number of pyridine rings is 1. The minimum atomic E-state index is 0.113. The van der Waals surface area contributed by atoms with E-state index in [9.17, 15) is 5.11 Å². The molecule has 0 aliphatic carbocycles. The quantitative estimate of drug-likeness (QED) is 0.535. The van der Waals surface area contributed by atoms with Crippen LogP contribution in [0.15, 0.2) is 48.5 Å². The summed E-state index contributed by atoms with van der Waals surface area (Å²) in [7, 11) is 1.68. The number of anilines is 1. The lowest BCUT2D eigenvalue weighted by Gasteiger charge is -2.13. The van der Waals surface area contributed by atoms with Crippen molar-refractivity contribution < 1.29 is 19.3 Å². The van der Waals surface area contributed by atoms with Gasteiger partial charge in [0.05, 0.1) is 5.69 Å². The second kappa shape index (κ2) is 8.59. The molecular weight excluding hydrogens is 392 g/mol. The van der Waals surface area contributed by atoms with E-state index in [0.717, 1.165) is 17.5 Å². The van der Waals surface area contributed by atoms with Crippen molar-refractivity contribution in [1.82, 2.24) is 4.98 Å². The number of nitrogens with zero attached hydrogens (tertiary/aromatic N) is 1. The third-order valence-corrected chi connectivity index (χ3v) is 4.83. The first-order valence-electron chi connectivity index (χ1n) is 9.28. The molecule has 6 nitrogen and oxygen atoms in total. The molecule has 1 aliphatic heterocycles. The summed E-state index contributed by atoms with van der Waals surface area (Å²) in [5.74, 6) is 2.21. The van der Waals surface area contributed by atoms with Crippen LogP contribution in [0.1, 0.15) is 6.42 Å². The summed E-state index contributed by atoms with van der Waals surface area (Å²) in [6.45, 7) is 1.56. The van der Waals surface area contributed by atoms with Crippen molar-refractivity contribution in [3.8, 4) is 39.6 Å². The fourth-order valence-corrected chi connectivity index (χ4v) is 3.39. The monoisotopic (exact) mass is 412 g/mol. The van der Waals surface area contributed by atoms with Gasteiger partial charge < -0.3 is 24.6 Å². The fraction of sp³-hybridized carbons (Fsp3) is 0.227. The summed E-state index contributed by atoms with van der Waals surface area (Å²) in [6.07, 6.45) is 0.845. The van der Waals surface area contributed by atoms with E-state index in [1.165, 1.54) is 0 Å². The van der Waals surface area contributed by atoms with Crippen LogP contribution >= 0.6 is 11.6 Å². The fourth-order valence-electron chi connectivity index (χ4n) is 3.22. The van der Waals surface area contributed by atoms with Gasteiger partial charge in [-0.15, -0.1) is 0 Å². The molecule has 7 heteroatoms. The maximum atomic E-state index is 10.4. The molecule has 1 aliphatic rings. The molecule has 0 fully saturated rings. The highest BCUT2D eigenvalue weighted by Gasteiger charge is 2.20. The van der Waals surface area contributed by atoms with Crippen molar-refractivity contribution in [3.63, 3.8) is 0 Å². The van der Waals surface area contributed by atoms with E-state index in [-0.39, 0.29) is 12.5 Å². The largest absolute Gasteiger partial charge is 0.507 e. The Labute approximate surface area is 174 Å². The minimum absolute atomic E-state index is 0.113. The number of phenols is 1. The predicted molar refractivity (Wildman–Crippen MR) is 113 cm³/mol. The Morgan fingerprint density at radius 3 is 2.90 bits per heavy atom. The highest BCUT2D eigenvalue weighted by molar-refractivity contribution is 6.31. The lowest BCUT2D eigenvalue weighted by Crippen LogP contribution is -2.06. The normalized spacial score (nSPS) is 12.2. The summed E-state index contributed by atoms with van der Waals surface area (Å²) in [6, 6.07) is 14.5. The third-order valence-electron chi connectivity index (χ3n) is 4.60. The maximum Gasteiger partial charge on any atom is 0.231 e. The smallest absolute Gasteiger partial charge is 0.231 e. The van der Waals surface area contributed by atoms with Crippen molar-refractivity contribution in [2.24, 2.45) is 0 Å². The highest BCUT2D eigenvalue weighted by Crippen LogP contribution is 2.43. The zero-order chi connectivity index (χ0) is 20.2. The van der Waals surface area contributed by atoms with Crippen LogP contribution in [0.5, 0.6) is 17.2 Å². The molecule has 0 radical (unpaired) electrons. The van der Waals surface area contributed by atoms with E-state index in [1.807, 2.05) is 30.3 Å². The van der Waals surface area contributed by atoms with Crippen LogP contribution in [-0.2, 0) is 4.74 Å². The first-order valence-corrected chi connectivity index (χ1v) is 9.66. The Morgan fingerprint density at radius 1 is 1.14 bits per heavy atom. The number of aromatic hydroxyl groups is 1. The number of benzene rings is 2. The van der Waals surface area contributed by atoms with Crippen molar-refractivity contribution in [3.05, 3.63) is 53.6 Å². The summed E-state index contributed by atoms with van der Waals surface area (Å²) in [5.41, 5.74) is 2.95. The van der Waals surface area contributed by atoms with E-state index in [2.05, 4.69) is 10.3 Å². The van der Waals surface area contributed by atoms with E-state index in [4.69, 9.17) is 25.8 Å². The van der Waals surface area contributed by atoms with Crippen LogP contribution in [0.25, 0.3) is 22.4 Å². The molecule has 4 rings (SSSR count). The number of halogens is 1. The number of hydrogen-bond acceptors (Lipinski definition) is 6. The van der Waals surface area contributed by atoms with Gasteiger partial charge in [-0.05, 0) is 48.4 Å². The summed E-state index contributed by atoms with van der Waals surface area (Å²) < 4.78 is 16.3. The third kappa shape index (κ3) is 4.23. The summed E-state index contributed by atoms with van der Waals surface area (Å²) in [4.78, 5) is 4.68. The molecule has 3 aromatic rings. The topological polar surface area (TPSA) is 72.8 Å². The molecule has 0 amide bonds. The van der Waals surface area contributed by atoms with E-state index < -0.39 is 0 Å². The standard InChI is InChI=1S/C22H21ClN2O4/c1-27-9-3-8-24-21-11-14(16-4-2-5-20-22(16)29-13-28-20)10-18(25-21)17-12-15(23)6-7-19(17)26/h2,4-7,10-12,26H,3,8-9,13H2,1H3,(H,24,25). The van der Waals surface area contributed by atoms with Gasteiger partial charge in [0, 0.05) is 36.4 Å². The number of nitrogens with one attached hydrogen (secondary N) is 1. The molecule has 2 aromatic carbocycles. The molecule has 2 N–H and O–H groups in total. The first-order chi connectivity index (χ1) is 14.2. The molecule has 0 saturated carbocycles. The average molecular weight is 413 g/mol. The molecule has 2 heterocycles.